The van der Waals surface area contributed by atoms with Crippen LogP contribution < -0.4 is 10.6 Å². The van der Waals surface area contributed by atoms with Crippen LogP contribution >= 0.6 is 11.6 Å². The zero-order valence-electron chi connectivity index (χ0n) is 15.7. The Morgan fingerprint density at radius 1 is 1.17 bits per heavy atom. The van der Waals surface area contributed by atoms with Crippen LogP contribution in [0.1, 0.15) is 5.69 Å². The molecule has 3 rings (SSSR count). The van der Waals surface area contributed by atoms with Gasteiger partial charge in [0.2, 0.25) is 0 Å². The average molecular weight is 413 g/mol. The van der Waals surface area contributed by atoms with Gasteiger partial charge in [-0.05, 0) is 36.4 Å². The van der Waals surface area contributed by atoms with Crippen LogP contribution in [0.25, 0.3) is 11.3 Å². The molecule has 29 heavy (non-hydrogen) atoms. The molecule has 2 amide bonds. The van der Waals surface area contributed by atoms with E-state index in [1.807, 2.05) is 0 Å². The predicted octanol–water partition coefficient (Wildman–Crippen LogP) is 4.77. The Labute approximate surface area is 172 Å². The van der Waals surface area contributed by atoms with Gasteiger partial charge >= 0.3 is 6.03 Å². The van der Waals surface area contributed by atoms with Crippen LogP contribution in [0.2, 0.25) is 5.02 Å². The van der Waals surface area contributed by atoms with Crippen molar-refractivity contribution in [3.63, 3.8) is 0 Å². The monoisotopic (exact) mass is 412 g/mol. The van der Waals surface area contributed by atoms with Crippen molar-refractivity contribution in [3.05, 3.63) is 65.3 Å². The van der Waals surface area contributed by atoms with Gasteiger partial charge in [0, 0.05) is 49.0 Å². The number of anilines is 3. The van der Waals surface area contributed by atoms with E-state index in [9.17, 15) is 9.18 Å². The molecule has 2 aromatic heterocycles. The first-order valence-electron chi connectivity index (χ1n) is 8.55. The molecule has 2 heterocycles. The van der Waals surface area contributed by atoms with Gasteiger partial charge in [0.05, 0.1) is 17.1 Å². The van der Waals surface area contributed by atoms with Gasteiger partial charge in [-0.1, -0.05) is 11.6 Å². The highest BCUT2D eigenvalue weighted by Crippen LogP contribution is 2.30. The first-order chi connectivity index (χ1) is 13.9. The molecule has 0 atom stereocenters. The van der Waals surface area contributed by atoms with Crippen LogP contribution in [0, 0.1) is 11.2 Å². The fraction of sp³-hybridized carbons (Fsp3) is 0.100. The van der Waals surface area contributed by atoms with Gasteiger partial charge < -0.3 is 20.9 Å². The molecular weight excluding hydrogens is 395 g/mol. The average Bonchev–Trinajstić information content (AvgIpc) is 2.71. The number of rotatable bonds is 5. The summed E-state index contributed by atoms with van der Waals surface area (Å²) in [7, 11) is 3.22. The molecule has 0 saturated heterocycles. The minimum atomic E-state index is -0.437. The van der Waals surface area contributed by atoms with E-state index in [2.05, 4.69) is 20.6 Å². The predicted molar refractivity (Wildman–Crippen MR) is 113 cm³/mol. The Morgan fingerprint density at radius 3 is 2.66 bits per heavy atom. The van der Waals surface area contributed by atoms with Gasteiger partial charge in [-0.2, -0.15) is 0 Å². The Hall–Kier alpha value is -3.52. The first-order valence-corrected chi connectivity index (χ1v) is 8.93. The van der Waals surface area contributed by atoms with E-state index in [0.29, 0.717) is 33.5 Å². The number of benzene rings is 1. The maximum atomic E-state index is 14.2. The van der Waals surface area contributed by atoms with Crippen LogP contribution in [0.4, 0.5) is 26.2 Å². The summed E-state index contributed by atoms with van der Waals surface area (Å²) in [5.74, 6) is -0.437. The maximum Gasteiger partial charge on any atom is 0.321 e. The van der Waals surface area contributed by atoms with Crippen LogP contribution in [0.15, 0.2) is 48.8 Å². The maximum absolute atomic E-state index is 14.2. The minimum Gasteiger partial charge on any atom is -0.354 e. The second-order valence-electron chi connectivity index (χ2n) is 6.27. The number of urea groups is 1. The van der Waals surface area contributed by atoms with E-state index in [4.69, 9.17) is 17.0 Å². The molecule has 0 spiro atoms. The zero-order valence-corrected chi connectivity index (χ0v) is 16.5. The van der Waals surface area contributed by atoms with Crippen molar-refractivity contribution in [2.45, 2.75) is 0 Å². The number of aromatic nitrogens is 2. The second kappa shape index (κ2) is 8.66. The highest BCUT2D eigenvalue weighted by atomic mass is 35.5. The summed E-state index contributed by atoms with van der Waals surface area (Å²) < 4.78 is 14.2. The lowest BCUT2D eigenvalue weighted by molar-refractivity contribution is 0.230. The van der Waals surface area contributed by atoms with E-state index in [0.717, 1.165) is 6.21 Å². The fourth-order valence-corrected chi connectivity index (χ4v) is 2.72. The van der Waals surface area contributed by atoms with E-state index < -0.39 is 5.82 Å². The molecule has 0 aliphatic carbocycles. The number of nitrogens with one attached hydrogen (secondary N) is 3. The van der Waals surface area contributed by atoms with E-state index in [1.54, 1.807) is 32.3 Å². The minimum absolute atomic E-state index is 0.275. The molecule has 0 radical (unpaired) electrons. The smallest absolute Gasteiger partial charge is 0.321 e. The number of carbonyl (C=O) groups excluding carboxylic acids is 1. The van der Waals surface area contributed by atoms with Crippen molar-refractivity contribution in [1.82, 2.24) is 14.9 Å². The highest BCUT2D eigenvalue weighted by molar-refractivity contribution is 6.30. The number of halogens is 2. The number of carbonyl (C=O) groups is 1. The summed E-state index contributed by atoms with van der Waals surface area (Å²) in [5.41, 5.74) is 2.45. The Morgan fingerprint density at radius 2 is 1.93 bits per heavy atom. The lowest BCUT2D eigenvalue weighted by Gasteiger charge is -2.17. The zero-order chi connectivity index (χ0) is 21.0. The lowest BCUT2D eigenvalue weighted by Crippen LogP contribution is -2.28. The summed E-state index contributed by atoms with van der Waals surface area (Å²) >= 11 is 5.98. The number of amides is 2. The molecule has 9 heteroatoms. The summed E-state index contributed by atoms with van der Waals surface area (Å²) in [6, 6.07) is 8.93. The SMILES string of the molecule is CN(C)C(=O)Nc1c(Nc2ccnc(-c3cc(Cl)ccc3F)c2)ccnc1C=N. The number of nitrogens with zero attached hydrogens (tertiary/aromatic N) is 3. The van der Waals surface area contributed by atoms with Crippen LogP contribution in [-0.2, 0) is 0 Å². The van der Waals surface area contributed by atoms with Gasteiger partial charge in [-0.25, -0.2) is 9.18 Å². The topological polar surface area (TPSA) is 94.0 Å². The normalized spacial score (nSPS) is 10.3. The molecule has 0 aliphatic heterocycles. The van der Waals surface area contributed by atoms with Gasteiger partial charge in [-0.15, -0.1) is 0 Å². The van der Waals surface area contributed by atoms with Crippen LogP contribution in [-0.4, -0.2) is 41.2 Å². The fourth-order valence-electron chi connectivity index (χ4n) is 2.55. The number of hydrogen-bond acceptors (Lipinski definition) is 5. The summed E-state index contributed by atoms with van der Waals surface area (Å²) in [5, 5.41) is 13.9. The highest BCUT2D eigenvalue weighted by Gasteiger charge is 2.14. The van der Waals surface area contributed by atoms with Crippen LogP contribution in [0.3, 0.4) is 0 Å². The molecule has 0 aliphatic rings. The van der Waals surface area contributed by atoms with E-state index in [-0.39, 0.29) is 11.6 Å². The Balaban J connectivity index is 1.97. The number of hydrogen-bond donors (Lipinski definition) is 3. The molecule has 0 bridgehead atoms. The largest absolute Gasteiger partial charge is 0.354 e. The third-order valence-corrected chi connectivity index (χ3v) is 4.23. The van der Waals surface area contributed by atoms with Gasteiger partial charge in [0.1, 0.15) is 11.5 Å². The standard InChI is InChI=1S/C20H18ClFN6O/c1-28(2)20(29)27-19-16(6-8-25-18(19)11-23)26-13-5-7-24-17(10-13)14-9-12(21)3-4-15(14)22/h3-11,23H,1-2H3,(H,27,29)(H,24,25,26). The Kier molecular flexibility index (Phi) is 6.04. The third kappa shape index (κ3) is 4.67. The number of pyridine rings is 2. The van der Waals surface area contributed by atoms with Crippen molar-refractivity contribution in [2.24, 2.45) is 0 Å². The van der Waals surface area contributed by atoms with Crippen molar-refractivity contribution >= 4 is 40.9 Å². The second-order valence-corrected chi connectivity index (χ2v) is 6.70. The molecule has 1 aromatic carbocycles. The molecule has 0 fully saturated rings. The van der Waals surface area contributed by atoms with Gasteiger partial charge in [0.25, 0.3) is 0 Å². The van der Waals surface area contributed by atoms with E-state index >= 15 is 0 Å². The summed E-state index contributed by atoms with van der Waals surface area (Å²) in [6.07, 6.45) is 4.11. The van der Waals surface area contributed by atoms with Gasteiger partial charge in [-0.3, -0.25) is 9.97 Å². The molecule has 3 aromatic rings. The van der Waals surface area contributed by atoms with Crippen molar-refractivity contribution in [3.8, 4) is 11.3 Å². The van der Waals surface area contributed by atoms with E-state index in [1.165, 1.54) is 35.5 Å². The van der Waals surface area contributed by atoms with Crippen molar-refractivity contribution in [2.75, 3.05) is 24.7 Å². The Bertz CT molecular complexity index is 1070. The van der Waals surface area contributed by atoms with Crippen molar-refractivity contribution in [1.29, 1.82) is 5.41 Å². The lowest BCUT2D eigenvalue weighted by atomic mass is 10.1. The summed E-state index contributed by atoms with van der Waals surface area (Å²) in [6.45, 7) is 0. The van der Waals surface area contributed by atoms with Crippen LogP contribution in [0.5, 0.6) is 0 Å². The molecule has 0 unspecified atom stereocenters. The molecule has 0 saturated carbocycles. The molecule has 3 N–H and O–H groups in total. The first kappa shape index (κ1) is 20.2. The quantitative estimate of drug-likeness (QED) is 0.526. The van der Waals surface area contributed by atoms with Gasteiger partial charge in [0.15, 0.2) is 0 Å². The third-order valence-electron chi connectivity index (χ3n) is 4.00. The molecule has 148 valence electrons. The summed E-state index contributed by atoms with van der Waals surface area (Å²) in [4.78, 5) is 21.8. The molecule has 7 nitrogen and oxygen atoms in total. The van der Waals surface area contributed by atoms with Crippen molar-refractivity contribution < 1.29 is 9.18 Å². The molecular formula is C20H18ClFN6O.